The number of hydrogen-bond acceptors (Lipinski definition) is 5. The Labute approximate surface area is 81.6 Å². The molecular formula is C7H4F3N3O2. The van der Waals surface area contributed by atoms with Gasteiger partial charge in [-0.2, -0.15) is 23.1 Å². The molecule has 0 amide bonds. The van der Waals surface area contributed by atoms with E-state index in [2.05, 4.69) is 19.7 Å². The molecule has 1 aromatic heterocycles. The van der Waals surface area contributed by atoms with E-state index in [9.17, 15) is 18.0 Å². The van der Waals surface area contributed by atoms with Gasteiger partial charge >= 0.3 is 12.2 Å². The molecule has 0 saturated carbocycles. The van der Waals surface area contributed by atoms with E-state index in [0.717, 1.165) is 19.4 Å². The molecule has 0 bridgehead atoms. The molecule has 0 aromatic carbocycles. The number of aromatic nitrogens is 2. The molecule has 8 heteroatoms. The molecule has 15 heavy (non-hydrogen) atoms. The summed E-state index contributed by atoms with van der Waals surface area (Å²) in [5, 5.41) is 0. The topological polar surface area (TPSA) is 64.4 Å². The average Bonchev–Trinajstić information content (AvgIpc) is 2.17. The lowest BCUT2D eigenvalue weighted by atomic mass is 10.3. The van der Waals surface area contributed by atoms with Crippen molar-refractivity contribution in [3.8, 4) is 6.01 Å². The predicted molar refractivity (Wildman–Crippen MR) is 41.4 cm³/mol. The van der Waals surface area contributed by atoms with Crippen LogP contribution in [0.15, 0.2) is 11.2 Å². The highest BCUT2D eigenvalue weighted by molar-refractivity contribution is 5.51. The normalized spacial score (nSPS) is 10.7. The molecule has 0 saturated heterocycles. The van der Waals surface area contributed by atoms with Crippen LogP contribution in [-0.4, -0.2) is 23.2 Å². The fourth-order valence-corrected chi connectivity index (χ4v) is 0.797. The van der Waals surface area contributed by atoms with Gasteiger partial charge in [-0.15, -0.1) is 0 Å². The molecular weight excluding hydrogens is 215 g/mol. The first-order valence-corrected chi connectivity index (χ1v) is 3.55. The lowest BCUT2D eigenvalue weighted by Gasteiger charge is -2.07. The summed E-state index contributed by atoms with van der Waals surface area (Å²) in [7, 11) is 1.12. The van der Waals surface area contributed by atoms with Crippen molar-refractivity contribution in [2.75, 3.05) is 7.11 Å². The number of halogens is 3. The van der Waals surface area contributed by atoms with Gasteiger partial charge in [0.1, 0.15) is 5.69 Å². The summed E-state index contributed by atoms with van der Waals surface area (Å²) in [5.41, 5.74) is -2.03. The van der Waals surface area contributed by atoms with Crippen LogP contribution < -0.4 is 4.74 Å². The fourth-order valence-electron chi connectivity index (χ4n) is 0.797. The minimum atomic E-state index is -4.73. The third-order valence-electron chi connectivity index (χ3n) is 1.36. The molecule has 0 spiro atoms. The summed E-state index contributed by atoms with van der Waals surface area (Å²) in [4.78, 5) is 19.1. The highest BCUT2D eigenvalue weighted by Gasteiger charge is 2.36. The van der Waals surface area contributed by atoms with Gasteiger partial charge < -0.3 is 4.74 Å². The van der Waals surface area contributed by atoms with Crippen molar-refractivity contribution < 1.29 is 22.7 Å². The van der Waals surface area contributed by atoms with Gasteiger partial charge in [0.15, 0.2) is 5.69 Å². The zero-order valence-corrected chi connectivity index (χ0v) is 7.37. The maximum atomic E-state index is 12.4. The van der Waals surface area contributed by atoms with Gasteiger partial charge in [0.2, 0.25) is 6.08 Å². The lowest BCUT2D eigenvalue weighted by molar-refractivity contribution is -0.140. The Morgan fingerprint density at radius 2 is 2.20 bits per heavy atom. The Morgan fingerprint density at radius 1 is 1.53 bits per heavy atom. The van der Waals surface area contributed by atoms with E-state index in [4.69, 9.17) is 0 Å². The highest BCUT2D eigenvalue weighted by Crippen LogP contribution is 2.34. The predicted octanol–water partition coefficient (Wildman–Crippen LogP) is 1.47. The van der Waals surface area contributed by atoms with E-state index >= 15 is 0 Å². The zero-order valence-electron chi connectivity index (χ0n) is 7.37. The van der Waals surface area contributed by atoms with Gasteiger partial charge in [-0.25, -0.2) is 9.78 Å². The Morgan fingerprint density at radius 3 is 2.67 bits per heavy atom. The van der Waals surface area contributed by atoms with Crippen LogP contribution in [-0.2, 0) is 11.0 Å². The second kappa shape index (κ2) is 4.05. The molecule has 0 aliphatic carbocycles. The summed E-state index contributed by atoms with van der Waals surface area (Å²) in [6.45, 7) is 0. The molecule has 1 aromatic rings. The van der Waals surface area contributed by atoms with Crippen molar-refractivity contribution in [1.29, 1.82) is 0 Å². The van der Waals surface area contributed by atoms with Crippen LogP contribution in [0.4, 0.5) is 18.9 Å². The second-order valence-electron chi connectivity index (χ2n) is 2.29. The molecule has 0 fully saturated rings. The smallest absolute Gasteiger partial charge is 0.435 e. The quantitative estimate of drug-likeness (QED) is 0.558. The standard InChI is InChI=1S/C7H4F3N3O2/c1-15-6-11-2-4(12-3-14)5(13-6)7(8,9)10/h2H,1H3. The zero-order chi connectivity index (χ0) is 11.5. The molecule has 0 N–H and O–H groups in total. The molecule has 1 heterocycles. The number of carbonyl (C=O) groups excluding carboxylic acids is 1. The summed E-state index contributed by atoms with van der Waals surface area (Å²) in [6.07, 6.45) is -3.01. The maximum Gasteiger partial charge on any atom is 0.435 e. The summed E-state index contributed by atoms with van der Waals surface area (Å²) in [5.74, 6) is 0. The van der Waals surface area contributed by atoms with E-state index in [1.54, 1.807) is 0 Å². The first-order chi connectivity index (χ1) is 6.99. The monoisotopic (exact) mass is 219 g/mol. The Bertz CT molecular complexity index is 412. The number of nitrogens with zero attached hydrogens (tertiary/aromatic N) is 3. The van der Waals surface area contributed by atoms with Crippen molar-refractivity contribution in [3.05, 3.63) is 11.9 Å². The van der Waals surface area contributed by atoms with Crippen LogP contribution in [0.3, 0.4) is 0 Å². The third-order valence-corrected chi connectivity index (χ3v) is 1.36. The van der Waals surface area contributed by atoms with E-state index < -0.39 is 23.6 Å². The van der Waals surface area contributed by atoms with Crippen molar-refractivity contribution >= 4 is 11.8 Å². The summed E-state index contributed by atoms with van der Waals surface area (Å²) < 4.78 is 41.5. The number of hydrogen-bond donors (Lipinski definition) is 0. The van der Waals surface area contributed by atoms with Crippen LogP contribution in [0.2, 0.25) is 0 Å². The van der Waals surface area contributed by atoms with Crippen molar-refractivity contribution in [3.63, 3.8) is 0 Å². The van der Waals surface area contributed by atoms with Gasteiger partial charge in [0.05, 0.1) is 13.3 Å². The molecule has 0 aliphatic heterocycles. The van der Waals surface area contributed by atoms with Crippen molar-refractivity contribution in [2.45, 2.75) is 6.18 Å². The molecule has 80 valence electrons. The van der Waals surface area contributed by atoms with Crippen LogP contribution in [0.5, 0.6) is 6.01 Å². The summed E-state index contributed by atoms with van der Waals surface area (Å²) in [6, 6.07) is -0.452. The number of rotatable bonds is 2. The molecule has 0 unspecified atom stereocenters. The molecule has 0 atom stereocenters. The molecule has 5 nitrogen and oxygen atoms in total. The van der Waals surface area contributed by atoms with Crippen molar-refractivity contribution in [2.24, 2.45) is 4.99 Å². The number of isocyanates is 1. The average molecular weight is 219 g/mol. The van der Waals surface area contributed by atoms with Crippen molar-refractivity contribution in [1.82, 2.24) is 9.97 Å². The minimum absolute atomic E-state index is 0.452. The first kappa shape index (κ1) is 11.1. The molecule has 0 radical (unpaired) electrons. The lowest BCUT2D eigenvalue weighted by Crippen LogP contribution is -2.09. The Kier molecular flexibility index (Phi) is 3.01. The fraction of sp³-hybridized carbons (Fsp3) is 0.286. The first-order valence-electron chi connectivity index (χ1n) is 3.55. The van der Waals surface area contributed by atoms with Gasteiger partial charge in [-0.3, -0.25) is 0 Å². The number of aliphatic imine (C=N–C) groups is 1. The van der Waals surface area contributed by atoms with Gasteiger partial charge in [0.25, 0.3) is 0 Å². The third kappa shape index (κ3) is 2.50. The van der Waals surface area contributed by atoms with E-state index in [0.29, 0.717) is 0 Å². The van der Waals surface area contributed by atoms with Crippen LogP contribution in [0.25, 0.3) is 0 Å². The minimum Gasteiger partial charge on any atom is -0.467 e. The second-order valence-corrected chi connectivity index (χ2v) is 2.29. The Hall–Kier alpha value is -1.95. The molecule has 0 aliphatic rings. The van der Waals surface area contributed by atoms with Gasteiger partial charge in [-0.05, 0) is 0 Å². The van der Waals surface area contributed by atoms with Gasteiger partial charge in [-0.1, -0.05) is 0 Å². The van der Waals surface area contributed by atoms with E-state index in [-0.39, 0.29) is 0 Å². The maximum absolute atomic E-state index is 12.4. The number of methoxy groups -OCH3 is 1. The number of ether oxygens (including phenoxy) is 1. The van der Waals surface area contributed by atoms with E-state index in [1.807, 2.05) is 0 Å². The van der Waals surface area contributed by atoms with Crippen LogP contribution >= 0.6 is 0 Å². The largest absolute Gasteiger partial charge is 0.467 e. The number of alkyl halides is 3. The van der Waals surface area contributed by atoms with Crippen LogP contribution in [0, 0.1) is 0 Å². The molecule has 1 rings (SSSR count). The summed E-state index contributed by atoms with van der Waals surface area (Å²) >= 11 is 0. The SMILES string of the molecule is COc1ncc(N=C=O)c(C(F)(F)F)n1. The van der Waals surface area contributed by atoms with Gasteiger partial charge in [0, 0.05) is 0 Å². The van der Waals surface area contributed by atoms with E-state index in [1.165, 1.54) is 0 Å². The van der Waals surface area contributed by atoms with Crippen LogP contribution in [0.1, 0.15) is 5.69 Å². The Balaban J connectivity index is 3.35. The highest BCUT2D eigenvalue weighted by atomic mass is 19.4.